The minimum atomic E-state index is 0.296. The molecule has 1 fully saturated rings. The molecule has 0 bridgehead atoms. The van der Waals surface area contributed by atoms with Crippen LogP contribution in [0.3, 0.4) is 0 Å². The molecule has 0 spiro atoms. The van der Waals surface area contributed by atoms with Crippen molar-refractivity contribution in [2.24, 2.45) is 5.92 Å². The minimum Gasteiger partial charge on any atom is -0.395 e. The lowest BCUT2D eigenvalue weighted by Gasteiger charge is -2.02. The van der Waals surface area contributed by atoms with E-state index in [1.165, 1.54) is 0 Å². The Kier molecular flexibility index (Phi) is 1.86. The smallest absolute Gasteiger partial charge is 0.0584 e. The topological polar surface area (TPSA) is 32.3 Å². The Hall–Kier alpha value is -0.0800. The fourth-order valence-corrected chi connectivity index (χ4v) is 1.16. The van der Waals surface area contributed by atoms with Crippen LogP contribution in [0.2, 0.25) is 0 Å². The molecular weight excluding hydrogens is 102 g/mol. The Morgan fingerprint density at radius 1 is 1.75 bits per heavy atom. The molecule has 1 heterocycles. The molecule has 1 saturated heterocycles. The summed E-state index contributed by atoms with van der Waals surface area (Å²) in [4.78, 5) is 0. The highest BCUT2D eigenvalue weighted by Crippen LogP contribution is 2.11. The van der Waals surface area contributed by atoms with Gasteiger partial charge in [-0.25, -0.2) is 0 Å². The van der Waals surface area contributed by atoms with Gasteiger partial charge in [-0.2, -0.15) is 0 Å². The standard InChI is InChI=1S/C6H13NO/c1-5-2-6(4-8)7-3-5/h5-8H,2-4H2,1H3/t5-,6-/m0/s1. The van der Waals surface area contributed by atoms with Gasteiger partial charge >= 0.3 is 0 Å². The summed E-state index contributed by atoms with van der Waals surface area (Å²) in [6.45, 7) is 3.57. The molecule has 0 aromatic rings. The van der Waals surface area contributed by atoms with Crippen molar-refractivity contribution in [3.05, 3.63) is 0 Å². The van der Waals surface area contributed by atoms with Crippen LogP contribution < -0.4 is 5.32 Å². The van der Waals surface area contributed by atoms with Crippen molar-refractivity contribution in [2.45, 2.75) is 19.4 Å². The average molecular weight is 115 g/mol. The second kappa shape index (κ2) is 2.46. The van der Waals surface area contributed by atoms with E-state index < -0.39 is 0 Å². The van der Waals surface area contributed by atoms with E-state index in [1.54, 1.807) is 0 Å². The fraction of sp³-hybridized carbons (Fsp3) is 1.00. The molecular formula is C6H13NO. The molecule has 0 amide bonds. The van der Waals surface area contributed by atoms with E-state index in [2.05, 4.69) is 12.2 Å². The van der Waals surface area contributed by atoms with Gasteiger partial charge in [-0.1, -0.05) is 6.92 Å². The molecule has 1 aliphatic rings. The fourth-order valence-electron chi connectivity index (χ4n) is 1.16. The zero-order valence-corrected chi connectivity index (χ0v) is 5.22. The molecule has 0 aromatic heterocycles. The van der Waals surface area contributed by atoms with E-state index in [1.807, 2.05) is 0 Å². The van der Waals surface area contributed by atoms with Gasteiger partial charge in [-0.05, 0) is 18.9 Å². The summed E-state index contributed by atoms with van der Waals surface area (Å²) in [6, 6.07) is 0.380. The lowest BCUT2D eigenvalue weighted by atomic mass is 10.1. The van der Waals surface area contributed by atoms with Crippen LogP contribution in [0, 0.1) is 5.92 Å². The number of hydrogen-bond donors (Lipinski definition) is 2. The van der Waals surface area contributed by atoms with Gasteiger partial charge in [0, 0.05) is 6.04 Å². The summed E-state index contributed by atoms with van der Waals surface area (Å²) in [7, 11) is 0. The number of aliphatic hydroxyl groups excluding tert-OH is 1. The number of hydrogen-bond acceptors (Lipinski definition) is 2. The Labute approximate surface area is 49.9 Å². The van der Waals surface area contributed by atoms with E-state index in [9.17, 15) is 0 Å². The normalized spacial score (nSPS) is 38.2. The lowest BCUT2D eigenvalue weighted by Crippen LogP contribution is -2.24. The van der Waals surface area contributed by atoms with E-state index in [0.717, 1.165) is 18.9 Å². The predicted molar refractivity (Wildman–Crippen MR) is 32.7 cm³/mol. The van der Waals surface area contributed by atoms with Gasteiger partial charge in [0.2, 0.25) is 0 Å². The molecule has 0 radical (unpaired) electrons. The van der Waals surface area contributed by atoms with Crippen LogP contribution in [-0.4, -0.2) is 24.3 Å². The van der Waals surface area contributed by atoms with Crippen molar-refractivity contribution in [3.8, 4) is 0 Å². The first-order chi connectivity index (χ1) is 3.83. The van der Waals surface area contributed by atoms with Gasteiger partial charge in [0.05, 0.1) is 6.61 Å². The Balaban J connectivity index is 2.22. The van der Waals surface area contributed by atoms with Gasteiger partial charge in [-0.3, -0.25) is 0 Å². The van der Waals surface area contributed by atoms with Crippen LogP contribution in [0.4, 0.5) is 0 Å². The van der Waals surface area contributed by atoms with Crippen LogP contribution in [0.15, 0.2) is 0 Å². The van der Waals surface area contributed by atoms with Crippen molar-refractivity contribution in [1.82, 2.24) is 5.32 Å². The number of rotatable bonds is 1. The van der Waals surface area contributed by atoms with E-state index in [0.29, 0.717) is 12.6 Å². The first kappa shape index (κ1) is 6.05. The van der Waals surface area contributed by atoms with Crippen LogP contribution in [-0.2, 0) is 0 Å². The molecule has 0 saturated carbocycles. The average Bonchev–Trinajstić information content (AvgIpc) is 2.14. The van der Waals surface area contributed by atoms with Crippen molar-refractivity contribution >= 4 is 0 Å². The van der Waals surface area contributed by atoms with Crippen LogP contribution in [0.25, 0.3) is 0 Å². The summed E-state index contributed by atoms with van der Waals surface area (Å²) in [6.07, 6.45) is 1.14. The van der Waals surface area contributed by atoms with Gasteiger partial charge in [0.15, 0.2) is 0 Å². The number of aliphatic hydroxyl groups is 1. The summed E-state index contributed by atoms with van der Waals surface area (Å²) in [5.74, 6) is 0.757. The quantitative estimate of drug-likeness (QED) is 0.503. The second-order valence-corrected chi connectivity index (χ2v) is 2.63. The van der Waals surface area contributed by atoms with Crippen molar-refractivity contribution < 1.29 is 5.11 Å². The third-order valence-electron chi connectivity index (χ3n) is 1.66. The summed E-state index contributed by atoms with van der Waals surface area (Å²) in [5.41, 5.74) is 0. The van der Waals surface area contributed by atoms with E-state index in [-0.39, 0.29) is 0 Å². The van der Waals surface area contributed by atoms with Gasteiger partial charge in [0.1, 0.15) is 0 Å². The molecule has 8 heavy (non-hydrogen) atoms. The third kappa shape index (κ3) is 1.20. The van der Waals surface area contributed by atoms with E-state index >= 15 is 0 Å². The summed E-state index contributed by atoms with van der Waals surface area (Å²) < 4.78 is 0. The molecule has 48 valence electrons. The third-order valence-corrected chi connectivity index (χ3v) is 1.66. The minimum absolute atomic E-state index is 0.296. The highest BCUT2D eigenvalue weighted by molar-refractivity contribution is 4.77. The molecule has 2 atom stereocenters. The molecule has 0 aliphatic carbocycles. The highest BCUT2D eigenvalue weighted by Gasteiger charge is 2.18. The second-order valence-electron chi connectivity index (χ2n) is 2.63. The van der Waals surface area contributed by atoms with Gasteiger partial charge in [-0.15, -0.1) is 0 Å². The summed E-state index contributed by atoms with van der Waals surface area (Å²) in [5, 5.41) is 11.8. The highest BCUT2D eigenvalue weighted by atomic mass is 16.3. The maximum atomic E-state index is 8.62. The molecule has 0 unspecified atom stereocenters. The molecule has 2 N–H and O–H groups in total. The van der Waals surface area contributed by atoms with E-state index in [4.69, 9.17) is 5.11 Å². The first-order valence-electron chi connectivity index (χ1n) is 3.17. The first-order valence-corrected chi connectivity index (χ1v) is 3.17. The van der Waals surface area contributed by atoms with Crippen molar-refractivity contribution in [2.75, 3.05) is 13.2 Å². The van der Waals surface area contributed by atoms with Crippen LogP contribution in [0.1, 0.15) is 13.3 Å². The van der Waals surface area contributed by atoms with Crippen LogP contribution in [0.5, 0.6) is 0 Å². The lowest BCUT2D eigenvalue weighted by molar-refractivity contribution is 0.253. The zero-order chi connectivity index (χ0) is 5.98. The monoisotopic (exact) mass is 115 g/mol. The SMILES string of the molecule is C[C@@H]1CN[C@H](CO)C1. The molecule has 1 aliphatic heterocycles. The molecule has 0 aromatic carbocycles. The molecule has 1 rings (SSSR count). The van der Waals surface area contributed by atoms with Crippen molar-refractivity contribution in [1.29, 1.82) is 0 Å². The maximum absolute atomic E-state index is 8.62. The summed E-state index contributed by atoms with van der Waals surface area (Å²) >= 11 is 0. The van der Waals surface area contributed by atoms with Gasteiger partial charge < -0.3 is 10.4 Å². The van der Waals surface area contributed by atoms with Gasteiger partial charge in [0.25, 0.3) is 0 Å². The Bertz CT molecular complexity index is 74.9. The van der Waals surface area contributed by atoms with Crippen LogP contribution >= 0.6 is 0 Å². The van der Waals surface area contributed by atoms with Crippen molar-refractivity contribution in [3.63, 3.8) is 0 Å². The zero-order valence-electron chi connectivity index (χ0n) is 5.22. The molecule has 2 nitrogen and oxygen atoms in total. The largest absolute Gasteiger partial charge is 0.395 e. The Morgan fingerprint density at radius 3 is 2.75 bits per heavy atom. The molecule has 2 heteroatoms. The maximum Gasteiger partial charge on any atom is 0.0584 e. The Morgan fingerprint density at radius 2 is 2.50 bits per heavy atom. The predicted octanol–water partition coefficient (Wildman–Crippen LogP) is -0.0233. The number of nitrogens with one attached hydrogen (secondary N) is 1.